The van der Waals surface area contributed by atoms with Crippen LogP contribution in [-0.4, -0.2) is 80.3 Å². The topological polar surface area (TPSA) is 104 Å². The van der Waals surface area contributed by atoms with Gasteiger partial charge in [-0.05, 0) is 49.8 Å². The molecule has 3 aromatic rings. The maximum atomic E-state index is 12.9. The Morgan fingerprint density at radius 1 is 1.20 bits per heavy atom. The summed E-state index contributed by atoms with van der Waals surface area (Å²) in [5.74, 6) is 0.812. The molecule has 4 rings (SSSR count). The van der Waals surface area contributed by atoms with Crippen LogP contribution in [0.3, 0.4) is 0 Å². The molecule has 1 saturated heterocycles. The highest BCUT2D eigenvalue weighted by Gasteiger charge is 2.27. The third-order valence-electron chi connectivity index (χ3n) is 5.11. The molecular weight excluding hydrogens is 384 g/mol. The summed E-state index contributed by atoms with van der Waals surface area (Å²) in [6.07, 6.45) is 6.04. The first-order chi connectivity index (χ1) is 14.5. The quantitative estimate of drug-likeness (QED) is 0.657. The largest absolute Gasteiger partial charge is 0.483 e. The van der Waals surface area contributed by atoms with Crippen molar-refractivity contribution in [3.8, 4) is 16.9 Å². The van der Waals surface area contributed by atoms with Gasteiger partial charge in [0.2, 0.25) is 0 Å². The molecule has 0 radical (unpaired) electrons. The van der Waals surface area contributed by atoms with E-state index in [1.807, 2.05) is 48.3 Å². The van der Waals surface area contributed by atoms with Gasteiger partial charge < -0.3 is 14.9 Å². The molecule has 156 valence electrons. The van der Waals surface area contributed by atoms with Crippen molar-refractivity contribution >= 4 is 12.4 Å². The minimum atomic E-state index is -0.250. The van der Waals surface area contributed by atoms with Gasteiger partial charge in [0.15, 0.2) is 0 Å². The number of likely N-dealkylation sites (N-methyl/N-ethyl adjacent to an activating group) is 2. The molecule has 1 N–H and O–H groups in total. The minimum Gasteiger partial charge on any atom is -0.483 e. The number of amides is 1. The number of hydrogen-bond donors (Lipinski definition) is 1. The second-order valence-corrected chi connectivity index (χ2v) is 7.08. The Balaban J connectivity index is 0.000000806. The molecule has 1 amide bonds. The molecule has 9 heteroatoms. The number of pyridine rings is 1. The van der Waals surface area contributed by atoms with Gasteiger partial charge in [-0.1, -0.05) is 12.1 Å². The van der Waals surface area contributed by atoms with Gasteiger partial charge in [0.05, 0.1) is 0 Å². The van der Waals surface area contributed by atoms with Crippen molar-refractivity contribution in [3.05, 3.63) is 60.8 Å². The zero-order valence-corrected chi connectivity index (χ0v) is 16.9. The number of benzene rings is 1. The molecule has 2 aromatic heterocycles. The van der Waals surface area contributed by atoms with Gasteiger partial charge in [-0.15, -0.1) is 10.2 Å². The fourth-order valence-electron chi connectivity index (χ4n) is 3.46. The van der Waals surface area contributed by atoms with E-state index in [2.05, 4.69) is 27.1 Å². The van der Waals surface area contributed by atoms with E-state index in [1.54, 1.807) is 23.4 Å². The Morgan fingerprint density at radius 3 is 2.53 bits per heavy atom. The first-order valence-corrected chi connectivity index (χ1v) is 9.48. The van der Waals surface area contributed by atoms with Gasteiger partial charge in [0.25, 0.3) is 12.4 Å². The molecule has 30 heavy (non-hydrogen) atoms. The van der Waals surface area contributed by atoms with Gasteiger partial charge in [0, 0.05) is 37.0 Å². The van der Waals surface area contributed by atoms with Crippen molar-refractivity contribution in [2.75, 3.05) is 27.2 Å². The summed E-state index contributed by atoms with van der Waals surface area (Å²) in [6, 6.07) is 11.9. The lowest BCUT2D eigenvalue weighted by molar-refractivity contribution is -0.122. The van der Waals surface area contributed by atoms with Crippen LogP contribution in [0.1, 0.15) is 16.8 Å². The first kappa shape index (κ1) is 21.1. The molecule has 1 aromatic carbocycles. The molecule has 1 unspecified atom stereocenters. The number of rotatable bonds is 4. The Hall–Kier alpha value is -3.59. The average Bonchev–Trinajstić information content (AvgIpc) is 3.46. The normalized spacial score (nSPS) is 15.9. The van der Waals surface area contributed by atoms with Crippen LogP contribution in [0.5, 0.6) is 0 Å². The molecule has 3 heterocycles. The van der Waals surface area contributed by atoms with Gasteiger partial charge >= 0.3 is 0 Å². The van der Waals surface area contributed by atoms with E-state index >= 15 is 0 Å². The SMILES string of the molecule is CN1CCC(N(C)C(=O)c2cccc(-c3ccc(-n4cnnc4)nc3)c2)C1.O=CO. The molecule has 1 aliphatic heterocycles. The molecule has 9 nitrogen and oxygen atoms in total. The van der Waals surface area contributed by atoms with E-state index in [1.165, 1.54) is 0 Å². The third kappa shape index (κ3) is 4.87. The second-order valence-electron chi connectivity index (χ2n) is 7.08. The van der Waals surface area contributed by atoms with E-state index in [-0.39, 0.29) is 18.4 Å². The maximum absolute atomic E-state index is 12.9. The van der Waals surface area contributed by atoms with E-state index < -0.39 is 0 Å². The molecule has 0 aliphatic carbocycles. The lowest BCUT2D eigenvalue weighted by Gasteiger charge is -2.24. The summed E-state index contributed by atoms with van der Waals surface area (Å²) >= 11 is 0. The summed E-state index contributed by atoms with van der Waals surface area (Å²) in [5, 5.41) is 14.5. The van der Waals surface area contributed by atoms with Crippen molar-refractivity contribution in [1.29, 1.82) is 0 Å². The summed E-state index contributed by atoms with van der Waals surface area (Å²) in [5.41, 5.74) is 2.64. The van der Waals surface area contributed by atoms with Crippen LogP contribution in [0.15, 0.2) is 55.2 Å². The number of aromatic nitrogens is 4. The number of likely N-dealkylation sites (tertiary alicyclic amines) is 1. The minimum absolute atomic E-state index is 0.0613. The third-order valence-corrected chi connectivity index (χ3v) is 5.11. The lowest BCUT2D eigenvalue weighted by atomic mass is 10.0. The van der Waals surface area contributed by atoms with Crippen LogP contribution in [0.4, 0.5) is 0 Å². The number of carbonyl (C=O) groups is 2. The monoisotopic (exact) mass is 408 g/mol. The molecule has 0 saturated carbocycles. The molecule has 1 fully saturated rings. The van der Waals surface area contributed by atoms with Gasteiger partial charge in [-0.2, -0.15) is 0 Å². The molecule has 1 aliphatic rings. The second kappa shape index (κ2) is 9.75. The average molecular weight is 408 g/mol. The predicted molar refractivity (Wildman–Crippen MR) is 111 cm³/mol. The van der Waals surface area contributed by atoms with Gasteiger partial charge in [-0.3, -0.25) is 14.2 Å². The van der Waals surface area contributed by atoms with Gasteiger partial charge in [0.1, 0.15) is 18.5 Å². The van der Waals surface area contributed by atoms with Crippen molar-refractivity contribution in [2.45, 2.75) is 12.5 Å². The number of carboxylic acid groups (broad SMARTS) is 1. The van der Waals surface area contributed by atoms with E-state index in [9.17, 15) is 4.79 Å². The number of carbonyl (C=O) groups excluding carboxylic acids is 1. The Morgan fingerprint density at radius 2 is 1.93 bits per heavy atom. The first-order valence-electron chi connectivity index (χ1n) is 9.48. The molecular formula is C21H24N6O3. The maximum Gasteiger partial charge on any atom is 0.290 e. The molecule has 0 bridgehead atoms. The van der Waals surface area contributed by atoms with Crippen LogP contribution < -0.4 is 0 Å². The zero-order chi connectivity index (χ0) is 21.5. The van der Waals surface area contributed by atoms with E-state index in [0.717, 1.165) is 36.5 Å². The zero-order valence-electron chi connectivity index (χ0n) is 16.9. The van der Waals surface area contributed by atoms with Crippen molar-refractivity contribution < 1.29 is 14.7 Å². The highest BCUT2D eigenvalue weighted by Crippen LogP contribution is 2.22. The van der Waals surface area contributed by atoms with E-state index in [0.29, 0.717) is 5.56 Å². The Kier molecular flexibility index (Phi) is 6.87. The van der Waals surface area contributed by atoms with Crippen LogP contribution in [0.2, 0.25) is 0 Å². The number of hydrogen-bond acceptors (Lipinski definition) is 6. The standard InChI is InChI=1S/C20H22N6O.CH2O2/c1-24-9-8-18(12-24)25(2)20(27)16-5-3-4-15(10-16)17-6-7-19(21-11-17)26-13-22-23-14-26;2-1-3/h3-7,10-11,13-14,18H,8-9,12H2,1-2H3;1H,(H,2,3). The summed E-state index contributed by atoms with van der Waals surface area (Å²) in [7, 11) is 3.99. The smallest absolute Gasteiger partial charge is 0.290 e. The number of nitrogens with zero attached hydrogens (tertiary/aromatic N) is 6. The van der Waals surface area contributed by atoms with Crippen LogP contribution in [0.25, 0.3) is 16.9 Å². The van der Waals surface area contributed by atoms with E-state index in [4.69, 9.17) is 9.90 Å². The highest BCUT2D eigenvalue weighted by molar-refractivity contribution is 5.95. The summed E-state index contributed by atoms with van der Waals surface area (Å²) in [6.45, 7) is 1.71. The molecule has 1 atom stereocenters. The van der Waals surface area contributed by atoms with Crippen LogP contribution in [-0.2, 0) is 4.79 Å². The van der Waals surface area contributed by atoms with Gasteiger partial charge in [-0.25, -0.2) is 4.98 Å². The summed E-state index contributed by atoms with van der Waals surface area (Å²) in [4.78, 5) is 29.9. The van der Waals surface area contributed by atoms with Crippen molar-refractivity contribution in [2.24, 2.45) is 0 Å². The highest BCUT2D eigenvalue weighted by atomic mass is 16.3. The Bertz CT molecular complexity index is 975. The fourth-order valence-corrected chi connectivity index (χ4v) is 3.46. The van der Waals surface area contributed by atoms with Crippen LogP contribution >= 0.6 is 0 Å². The predicted octanol–water partition coefficient (Wildman–Crippen LogP) is 1.81. The van der Waals surface area contributed by atoms with Crippen LogP contribution in [0, 0.1) is 0 Å². The Labute approximate surface area is 174 Å². The van der Waals surface area contributed by atoms with Crippen molar-refractivity contribution in [3.63, 3.8) is 0 Å². The lowest BCUT2D eigenvalue weighted by Crippen LogP contribution is -2.38. The fraction of sp³-hybridized carbons (Fsp3) is 0.286. The molecule has 0 spiro atoms. The summed E-state index contributed by atoms with van der Waals surface area (Å²) < 4.78 is 1.75. The van der Waals surface area contributed by atoms with Crippen molar-refractivity contribution in [1.82, 2.24) is 29.5 Å².